The first-order valence-electron chi connectivity index (χ1n) is 4.64. The molecule has 0 aliphatic rings. The van der Waals surface area contributed by atoms with Gasteiger partial charge in [0.05, 0.1) is 11.0 Å². The van der Waals surface area contributed by atoms with E-state index in [0.29, 0.717) is 0 Å². The topological polar surface area (TPSA) is 49.8 Å². The zero-order valence-corrected chi connectivity index (χ0v) is 8.24. The van der Waals surface area contributed by atoms with Gasteiger partial charge in [0.25, 0.3) is 0 Å². The number of hydrogen-bond donors (Lipinski definition) is 2. The summed E-state index contributed by atoms with van der Waals surface area (Å²) in [6.45, 7) is 3.88. The molecule has 2 rings (SSSR count). The van der Waals surface area contributed by atoms with Gasteiger partial charge in [-0.05, 0) is 26.0 Å². The van der Waals surface area contributed by atoms with Crippen molar-refractivity contribution in [2.45, 2.75) is 19.9 Å². The van der Waals surface area contributed by atoms with Crippen LogP contribution in [0.25, 0.3) is 11.0 Å². The average molecular weight is 192 g/mol. The van der Waals surface area contributed by atoms with Crippen molar-refractivity contribution in [1.82, 2.24) is 14.9 Å². The first-order chi connectivity index (χ1) is 6.68. The van der Waals surface area contributed by atoms with Gasteiger partial charge in [-0.1, -0.05) is 0 Å². The highest BCUT2D eigenvalue weighted by Gasteiger charge is 2.09. The second-order valence-electron chi connectivity index (χ2n) is 3.57. The van der Waals surface area contributed by atoms with E-state index in [-0.39, 0.29) is 13.5 Å². The van der Waals surface area contributed by atoms with Crippen molar-refractivity contribution in [3.8, 4) is 0 Å². The highest BCUT2D eigenvalue weighted by Crippen LogP contribution is 2.12. The number of aromatic nitrogens is 2. The molecule has 0 atom stereocenters. The first-order valence-corrected chi connectivity index (χ1v) is 4.64. The van der Waals surface area contributed by atoms with E-state index >= 15 is 0 Å². The number of fused-ring (bicyclic) bond motifs is 1. The first kappa shape index (κ1) is 8.87. The van der Waals surface area contributed by atoms with Gasteiger partial charge in [0, 0.05) is 18.4 Å². The van der Waals surface area contributed by atoms with E-state index in [2.05, 4.69) is 10.3 Å². The van der Waals surface area contributed by atoms with Crippen LogP contribution in [-0.4, -0.2) is 21.6 Å². The SMILES string of the molecule is CC(C)NC(=O)n1ccc2[nH]ccc21.[H+]. The Morgan fingerprint density at radius 3 is 3.07 bits per heavy atom. The zero-order chi connectivity index (χ0) is 10.1. The smallest absolute Gasteiger partial charge is 0.360 e. The average Bonchev–Trinajstić information content (AvgIpc) is 2.59. The Hall–Kier alpha value is -1.71. The van der Waals surface area contributed by atoms with E-state index in [9.17, 15) is 4.79 Å². The molecular formula is C10H14N3O+. The van der Waals surface area contributed by atoms with Crippen LogP contribution in [0.2, 0.25) is 0 Å². The second kappa shape index (κ2) is 3.21. The summed E-state index contributed by atoms with van der Waals surface area (Å²) in [6.07, 6.45) is 3.59. The van der Waals surface area contributed by atoms with Crippen molar-refractivity contribution < 1.29 is 6.22 Å². The van der Waals surface area contributed by atoms with Gasteiger partial charge in [-0.15, -0.1) is 0 Å². The maximum Gasteiger partial charge on any atom is 1.00 e. The summed E-state index contributed by atoms with van der Waals surface area (Å²) >= 11 is 0. The van der Waals surface area contributed by atoms with E-state index in [1.807, 2.05) is 32.2 Å². The van der Waals surface area contributed by atoms with Crippen molar-refractivity contribution in [2.24, 2.45) is 0 Å². The molecule has 2 N–H and O–H groups in total. The molecule has 0 saturated heterocycles. The lowest BCUT2D eigenvalue weighted by Crippen LogP contribution is -2.33. The third-order valence-corrected chi connectivity index (χ3v) is 2.04. The van der Waals surface area contributed by atoms with Crippen LogP contribution in [0.5, 0.6) is 0 Å². The van der Waals surface area contributed by atoms with Crippen LogP contribution in [-0.2, 0) is 0 Å². The lowest BCUT2D eigenvalue weighted by molar-refractivity contribution is 0.241. The number of carbonyl (C=O) groups excluding carboxylic acids is 1. The van der Waals surface area contributed by atoms with Gasteiger partial charge >= 0.3 is 7.46 Å². The molecular weight excluding hydrogens is 178 g/mol. The molecule has 14 heavy (non-hydrogen) atoms. The molecule has 0 aromatic carbocycles. The van der Waals surface area contributed by atoms with Crippen LogP contribution in [0.1, 0.15) is 15.3 Å². The summed E-state index contributed by atoms with van der Waals surface area (Å²) in [5.74, 6) is 0. The van der Waals surface area contributed by atoms with Gasteiger partial charge in [-0.2, -0.15) is 0 Å². The van der Waals surface area contributed by atoms with E-state index in [1.54, 1.807) is 10.8 Å². The van der Waals surface area contributed by atoms with Crippen LogP contribution in [0.4, 0.5) is 4.79 Å². The van der Waals surface area contributed by atoms with E-state index in [1.165, 1.54) is 0 Å². The number of aromatic amines is 1. The van der Waals surface area contributed by atoms with Crippen molar-refractivity contribution in [3.05, 3.63) is 24.5 Å². The highest BCUT2D eigenvalue weighted by molar-refractivity contribution is 5.90. The number of carbonyl (C=O) groups is 1. The minimum Gasteiger partial charge on any atom is -0.360 e. The second-order valence-corrected chi connectivity index (χ2v) is 3.57. The lowest BCUT2D eigenvalue weighted by atomic mass is 10.4. The fraction of sp³-hybridized carbons (Fsp3) is 0.300. The summed E-state index contributed by atoms with van der Waals surface area (Å²) in [4.78, 5) is 14.7. The summed E-state index contributed by atoms with van der Waals surface area (Å²) in [7, 11) is 0. The van der Waals surface area contributed by atoms with Crippen molar-refractivity contribution in [3.63, 3.8) is 0 Å². The standard InChI is InChI=1S/C10H13N3O/c1-7(2)12-10(14)13-6-4-8-9(13)3-5-11-8/h3-7,11H,1-2H3,(H,12,14)/p+1. The largest absolute Gasteiger partial charge is 1.00 e. The molecule has 0 fully saturated rings. The molecule has 1 amide bonds. The molecule has 74 valence electrons. The van der Waals surface area contributed by atoms with E-state index in [4.69, 9.17) is 0 Å². The van der Waals surface area contributed by atoms with Gasteiger partial charge in [0.15, 0.2) is 0 Å². The number of amides is 1. The number of hydrogen-bond acceptors (Lipinski definition) is 1. The van der Waals surface area contributed by atoms with Crippen molar-refractivity contribution >= 4 is 17.1 Å². The molecule has 2 heterocycles. The van der Waals surface area contributed by atoms with E-state index in [0.717, 1.165) is 11.0 Å². The Labute approximate surface area is 83.4 Å². The fourth-order valence-corrected chi connectivity index (χ4v) is 1.44. The van der Waals surface area contributed by atoms with Crippen LogP contribution >= 0.6 is 0 Å². The van der Waals surface area contributed by atoms with Crippen molar-refractivity contribution in [1.29, 1.82) is 0 Å². The Balaban J connectivity index is 0.00000112. The van der Waals surface area contributed by atoms with Crippen LogP contribution in [0.3, 0.4) is 0 Å². The summed E-state index contributed by atoms with van der Waals surface area (Å²) in [5.41, 5.74) is 1.88. The molecule has 0 unspecified atom stereocenters. The lowest BCUT2D eigenvalue weighted by Gasteiger charge is -2.08. The predicted molar refractivity (Wildman–Crippen MR) is 56.5 cm³/mol. The molecule has 0 saturated carbocycles. The van der Waals surface area contributed by atoms with Gasteiger partial charge in [-0.25, -0.2) is 4.79 Å². The normalized spacial score (nSPS) is 11.1. The van der Waals surface area contributed by atoms with Gasteiger partial charge in [0.2, 0.25) is 0 Å². The molecule has 0 radical (unpaired) electrons. The Bertz CT molecular complexity index is 458. The Morgan fingerprint density at radius 2 is 2.36 bits per heavy atom. The number of H-pyrrole nitrogens is 1. The highest BCUT2D eigenvalue weighted by atomic mass is 16.2. The minimum absolute atomic E-state index is 0. The summed E-state index contributed by atoms with van der Waals surface area (Å²) in [6, 6.07) is 3.83. The molecule has 0 aliphatic heterocycles. The summed E-state index contributed by atoms with van der Waals surface area (Å²) in [5, 5.41) is 2.84. The third-order valence-electron chi connectivity index (χ3n) is 2.04. The third kappa shape index (κ3) is 1.39. The fourth-order valence-electron chi connectivity index (χ4n) is 1.44. The maximum absolute atomic E-state index is 11.7. The number of rotatable bonds is 1. The minimum atomic E-state index is -0.0883. The maximum atomic E-state index is 11.7. The van der Waals surface area contributed by atoms with Gasteiger partial charge in [0.1, 0.15) is 0 Å². The van der Waals surface area contributed by atoms with Crippen molar-refractivity contribution in [2.75, 3.05) is 0 Å². The molecule has 0 bridgehead atoms. The Morgan fingerprint density at radius 1 is 1.57 bits per heavy atom. The molecule has 4 heteroatoms. The van der Waals surface area contributed by atoms with E-state index < -0.39 is 0 Å². The van der Waals surface area contributed by atoms with Crippen LogP contribution < -0.4 is 5.32 Å². The van der Waals surface area contributed by atoms with Crippen LogP contribution in [0, 0.1) is 0 Å². The van der Waals surface area contributed by atoms with Gasteiger partial charge in [-0.3, -0.25) is 4.57 Å². The van der Waals surface area contributed by atoms with Crippen LogP contribution in [0.15, 0.2) is 24.5 Å². The van der Waals surface area contributed by atoms with Gasteiger partial charge < -0.3 is 10.3 Å². The molecule has 0 aliphatic carbocycles. The molecule has 2 aromatic rings. The number of nitrogens with zero attached hydrogens (tertiary/aromatic N) is 1. The molecule has 0 spiro atoms. The molecule has 4 nitrogen and oxygen atoms in total. The summed E-state index contributed by atoms with van der Waals surface area (Å²) < 4.78 is 1.60. The monoisotopic (exact) mass is 192 g/mol. The predicted octanol–water partition coefficient (Wildman–Crippen LogP) is 2.05. The molecule has 2 aromatic heterocycles. The Kier molecular flexibility index (Phi) is 2.04. The number of nitrogens with one attached hydrogen (secondary N) is 2. The zero-order valence-electron chi connectivity index (χ0n) is 9.24. The quantitative estimate of drug-likeness (QED) is 0.713.